The van der Waals surface area contributed by atoms with Gasteiger partial charge in [0.15, 0.2) is 0 Å². The largest absolute Gasteiger partial charge is 0.444 e. The zero-order valence-corrected chi connectivity index (χ0v) is 14.0. The fourth-order valence-corrected chi connectivity index (χ4v) is 2.84. The van der Waals surface area contributed by atoms with Crippen LogP contribution in [0.25, 0.3) is 0 Å². The zero-order chi connectivity index (χ0) is 15.9. The Balaban J connectivity index is 1.54. The Morgan fingerprint density at radius 3 is 2.55 bits per heavy atom. The van der Waals surface area contributed by atoms with Gasteiger partial charge in [0, 0.05) is 45.0 Å². The van der Waals surface area contributed by atoms with Crippen molar-refractivity contribution in [2.24, 2.45) is 7.05 Å². The maximum absolute atomic E-state index is 12.0. The molecule has 0 aromatic carbocycles. The highest BCUT2D eigenvalue weighted by atomic mass is 16.6. The first-order valence-electron chi connectivity index (χ1n) is 8.04. The summed E-state index contributed by atoms with van der Waals surface area (Å²) in [6.45, 7) is 8.11. The molecular weight excluding hydrogens is 280 g/mol. The smallest absolute Gasteiger partial charge is 0.410 e. The molecule has 0 N–H and O–H groups in total. The number of aromatic nitrogens is 2. The summed E-state index contributed by atoms with van der Waals surface area (Å²) >= 11 is 0. The van der Waals surface area contributed by atoms with Crippen molar-refractivity contribution >= 4 is 6.09 Å². The molecule has 0 bridgehead atoms. The van der Waals surface area contributed by atoms with Crippen LogP contribution in [0.2, 0.25) is 0 Å². The van der Waals surface area contributed by atoms with Gasteiger partial charge in [-0.2, -0.15) is 5.10 Å². The number of carbonyl (C=O) groups excluding carboxylic acids is 1. The molecule has 0 radical (unpaired) electrons. The van der Waals surface area contributed by atoms with Gasteiger partial charge < -0.3 is 9.64 Å². The van der Waals surface area contributed by atoms with E-state index in [1.54, 1.807) is 4.90 Å². The van der Waals surface area contributed by atoms with Crippen molar-refractivity contribution in [2.45, 2.75) is 57.8 Å². The third-order valence-corrected chi connectivity index (χ3v) is 4.11. The van der Waals surface area contributed by atoms with E-state index in [1.165, 1.54) is 12.8 Å². The molecule has 1 saturated carbocycles. The van der Waals surface area contributed by atoms with E-state index < -0.39 is 5.60 Å². The second-order valence-electron chi connectivity index (χ2n) is 7.42. The lowest BCUT2D eigenvalue weighted by molar-refractivity contribution is -0.0192. The highest BCUT2D eigenvalue weighted by Crippen LogP contribution is 2.33. The van der Waals surface area contributed by atoms with E-state index in [4.69, 9.17) is 4.74 Å². The molecule has 0 atom stereocenters. The topological polar surface area (TPSA) is 50.6 Å². The quantitative estimate of drug-likeness (QED) is 0.854. The Labute approximate surface area is 132 Å². The van der Waals surface area contributed by atoms with Gasteiger partial charge in [0.25, 0.3) is 0 Å². The molecule has 0 spiro atoms. The predicted molar refractivity (Wildman–Crippen MR) is 83.4 cm³/mol. The van der Waals surface area contributed by atoms with Crippen molar-refractivity contribution in [1.82, 2.24) is 19.6 Å². The second kappa shape index (κ2) is 5.57. The summed E-state index contributed by atoms with van der Waals surface area (Å²) in [6, 6.07) is 3.16. The molecule has 2 heterocycles. The van der Waals surface area contributed by atoms with E-state index in [0.717, 1.165) is 25.3 Å². The van der Waals surface area contributed by atoms with Crippen LogP contribution < -0.4 is 0 Å². The first-order valence-corrected chi connectivity index (χ1v) is 8.04. The number of rotatable bonds is 4. The number of likely N-dealkylation sites (tertiary alicyclic amines) is 1. The lowest BCUT2D eigenvalue weighted by Gasteiger charge is -2.45. The molecule has 6 heteroatoms. The molecule has 1 aromatic rings. The molecule has 2 fully saturated rings. The van der Waals surface area contributed by atoms with Gasteiger partial charge in [0.05, 0.1) is 5.69 Å². The van der Waals surface area contributed by atoms with E-state index in [0.29, 0.717) is 12.1 Å². The van der Waals surface area contributed by atoms with Crippen molar-refractivity contribution in [2.75, 3.05) is 13.1 Å². The first-order chi connectivity index (χ1) is 10.3. The van der Waals surface area contributed by atoms with E-state index in [1.807, 2.05) is 38.7 Å². The third kappa shape index (κ3) is 3.61. The summed E-state index contributed by atoms with van der Waals surface area (Å²) in [5, 5.41) is 4.47. The van der Waals surface area contributed by atoms with E-state index >= 15 is 0 Å². The number of hydrogen-bond donors (Lipinski definition) is 0. The van der Waals surface area contributed by atoms with Crippen LogP contribution in [-0.2, 0) is 18.3 Å². The Kier molecular flexibility index (Phi) is 3.89. The van der Waals surface area contributed by atoms with Crippen LogP contribution in [0.15, 0.2) is 12.3 Å². The predicted octanol–water partition coefficient (Wildman–Crippen LogP) is 2.00. The van der Waals surface area contributed by atoms with Crippen LogP contribution in [0.1, 0.15) is 39.3 Å². The van der Waals surface area contributed by atoms with Crippen LogP contribution in [0.4, 0.5) is 4.79 Å². The molecule has 6 nitrogen and oxygen atoms in total. The molecule has 1 aromatic heterocycles. The van der Waals surface area contributed by atoms with Crippen molar-refractivity contribution in [3.05, 3.63) is 18.0 Å². The molecule has 1 aliphatic carbocycles. The number of ether oxygens (including phenoxy) is 1. The lowest BCUT2D eigenvalue weighted by Crippen LogP contribution is -2.61. The summed E-state index contributed by atoms with van der Waals surface area (Å²) in [4.78, 5) is 16.3. The van der Waals surface area contributed by atoms with Gasteiger partial charge >= 0.3 is 6.09 Å². The standard InChI is InChI=1S/C16H26N4O2/c1-16(2,3)22-15(21)19-10-14(11-19)20(13-5-6-13)9-12-7-8-18(4)17-12/h7-8,13-14H,5-6,9-11H2,1-4H3. The van der Waals surface area contributed by atoms with E-state index in [9.17, 15) is 4.79 Å². The summed E-state index contributed by atoms with van der Waals surface area (Å²) in [5.74, 6) is 0. The lowest BCUT2D eigenvalue weighted by atomic mass is 10.1. The highest BCUT2D eigenvalue weighted by Gasteiger charge is 2.42. The minimum atomic E-state index is -0.424. The molecule has 1 amide bonds. The summed E-state index contributed by atoms with van der Waals surface area (Å²) in [5.41, 5.74) is 0.678. The number of hydrogen-bond acceptors (Lipinski definition) is 4. The number of carbonyl (C=O) groups is 1. The highest BCUT2D eigenvalue weighted by molar-refractivity contribution is 5.69. The number of amides is 1. The van der Waals surface area contributed by atoms with Crippen LogP contribution in [0, 0.1) is 0 Å². The molecule has 122 valence electrons. The fraction of sp³-hybridized carbons (Fsp3) is 0.750. The molecule has 2 aliphatic rings. The van der Waals surface area contributed by atoms with Crippen LogP contribution in [-0.4, -0.2) is 56.4 Å². The first kappa shape index (κ1) is 15.3. The SMILES string of the molecule is Cn1ccc(CN(C2CC2)C2CN(C(=O)OC(C)(C)C)C2)n1. The molecule has 1 aliphatic heterocycles. The molecule has 3 rings (SSSR count). The number of nitrogens with zero attached hydrogens (tertiary/aromatic N) is 4. The molecule has 0 unspecified atom stereocenters. The van der Waals surface area contributed by atoms with E-state index in [2.05, 4.69) is 16.1 Å². The second-order valence-corrected chi connectivity index (χ2v) is 7.42. The maximum atomic E-state index is 12.0. The minimum absolute atomic E-state index is 0.197. The average molecular weight is 306 g/mol. The van der Waals surface area contributed by atoms with Gasteiger partial charge in [-0.05, 0) is 39.7 Å². The Morgan fingerprint density at radius 2 is 2.05 bits per heavy atom. The van der Waals surface area contributed by atoms with Crippen LogP contribution >= 0.6 is 0 Å². The molecular formula is C16H26N4O2. The third-order valence-electron chi connectivity index (χ3n) is 4.11. The summed E-state index contributed by atoms with van der Waals surface area (Å²) in [7, 11) is 1.94. The minimum Gasteiger partial charge on any atom is -0.444 e. The van der Waals surface area contributed by atoms with Gasteiger partial charge in [-0.3, -0.25) is 9.58 Å². The Bertz CT molecular complexity index is 539. The maximum Gasteiger partial charge on any atom is 0.410 e. The Morgan fingerprint density at radius 1 is 1.36 bits per heavy atom. The Hall–Kier alpha value is -1.56. The summed E-state index contributed by atoms with van der Waals surface area (Å²) in [6.07, 6.45) is 4.30. The van der Waals surface area contributed by atoms with Crippen LogP contribution in [0.5, 0.6) is 0 Å². The summed E-state index contributed by atoms with van der Waals surface area (Å²) < 4.78 is 7.26. The number of aryl methyl sites for hydroxylation is 1. The zero-order valence-electron chi connectivity index (χ0n) is 14.0. The van der Waals surface area contributed by atoms with E-state index in [-0.39, 0.29) is 6.09 Å². The fourth-order valence-electron chi connectivity index (χ4n) is 2.84. The van der Waals surface area contributed by atoms with Gasteiger partial charge in [-0.25, -0.2) is 4.79 Å². The normalized spacial score (nSPS) is 19.4. The van der Waals surface area contributed by atoms with Crippen molar-refractivity contribution in [1.29, 1.82) is 0 Å². The van der Waals surface area contributed by atoms with Crippen LogP contribution in [0.3, 0.4) is 0 Å². The van der Waals surface area contributed by atoms with Gasteiger partial charge in [-0.15, -0.1) is 0 Å². The molecule has 1 saturated heterocycles. The monoisotopic (exact) mass is 306 g/mol. The van der Waals surface area contributed by atoms with Gasteiger partial charge in [0.1, 0.15) is 5.60 Å². The molecule has 22 heavy (non-hydrogen) atoms. The van der Waals surface area contributed by atoms with Gasteiger partial charge in [-0.1, -0.05) is 0 Å². The average Bonchev–Trinajstić information content (AvgIpc) is 3.08. The van der Waals surface area contributed by atoms with Crippen molar-refractivity contribution < 1.29 is 9.53 Å². The van der Waals surface area contributed by atoms with Crippen molar-refractivity contribution in [3.63, 3.8) is 0 Å². The van der Waals surface area contributed by atoms with Crippen molar-refractivity contribution in [3.8, 4) is 0 Å². The van der Waals surface area contributed by atoms with Gasteiger partial charge in [0.2, 0.25) is 0 Å².